The highest BCUT2D eigenvalue weighted by atomic mass is 16.3. The molecule has 22 heavy (non-hydrogen) atoms. The Morgan fingerprint density at radius 2 is 1.91 bits per heavy atom. The highest BCUT2D eigenvalue weighted by Crippen LogP contribution is 2.27. The zero-order chi connectivity index (χ0) is 16.2. The number of hydrogen-bond acceptors (Lipinski definition) is 3. The number of piperazine rings is 1. The third-order valence-corrected chi connectivity index (χ3v) is 4.23. The van der Waals surface area contributed by atoms with Crippen LogP contribution in [0.25, 0.3) is 0 Å². The maximum atomic E-state index is 9.77. The lowest BCUT2D eigenvalue weighted by molar-refractivity contribution is 0.0457. The van der Waals surface area contributed by atoms with E-state index in [0.717, 1.165) is 32.6 Å². The number of benzene rings is 1. The van der Waals surface area contributed by atoms with Crippen LogP contribution in [0.2, 0.25) is 0 Å². The summed E-state index contributed by atoms with van der Waals surface area (Å²) < 4.78 is 0. The summed E-state index contributed by atoms with van der Waals surface area (Å²) in [5.74, 6) is 0. The van der Waals surface area contributed by atoms with Crippen molar-refractivity contribution in [2.75, 3.05) is 26.2 Å². The van der Waals surface area contributed by atoms with E-state index < -0.39 is 0 Å². The fourth-order valence-electron chi connectivity index (χ4n) is 3.10. The number of rotatable bonds is 5. The molecule has 1 saturated heterocycles. The summed E-state index contributed by atoms with van der Waals surface area (Å²) in [5.41, 5.74) is 2.76. The van der Waals surface area contributed by atoms with Crippen molar-refractivity contribution in [2.24, 2.45) is 5.41 Å². The molecule has 1 fully saturated rings. The number of aliphatic hydroxyl groups excluding tert-OH is 1. The van der Waals surface area contributed by atoms with Gasteiger partial charge in [-0.3, -0.25) is 4.90 Å². The van der Waals surface area contributed by atoms with Crippen molar-refractivity contribution in [1.29, 1.82) is 0 Å². The first-order chi connectivity index (χ1) is 10.4. The average Bonchev–Trinajstić information content (AvgIpc) is 2.47. The lowest BCUT2D eigenvalue weighted by Gasteiger charge is -2.43. The van der Waals surface area contributed by atoms with Crippen molar-refractivity contribution in [3.8, 4) is 0 Å². The topological polar surface area (TPSA) is 26.7 Å². The number of nitrogens with zero attached hydrogens (tertiary/aromatic N) is 2. The van der Waals surface area contributed by atoms with Crippen LogP contribution in [0, 0.1) is 5.41 Å². The van der Waals surface area contributed by atoms with E-state index in [1.165, 1.54) is 11.3 Å². The van der Waals surface area contributed by atoms with E-state index in [4.69, 9.17) is 0 Å². The highest BCUT2D eigenvalue weighted by Gasteiger charge is 2.28. The summed E-state index contributed by atoms with van der Waals surface area (Å²) in [6.45, 7) is 15.0. The molecule has 0 saturated carbocycles. The van der Waals surface area contributed by atoms with E-state index in [0.29, 0.717) is 0 Å². The molecule has 0 aliphatic carbocycles. The lowest BCUT2D eigenvalue weighted by atomic mass is 9.90. The van der Waals surface area contributed by atoms with Crippen molar-refractivity contribution in [3.05, 3.63) is 48.2 Å². The van der Waals surface area contributed by atoms with Gasteiger partial charge in [0.25, 0.3) is 0 Å². The summed E-state index contributed by atoms with van der Waals surface area (Å²) >= 11 is 0. The van der Waals surface area contributed by atoms with Crippen LogP contribution in [0.3, 0.4) is 0 Å². The van der Waals surface area contributed by atoms with Crippen LogP contribution < -0.4 is 0 Å². The van der Waals surface area contributed by atoms with Crippen LogP contribution in [-0.4, -0.2) is 47.2 Å². The van der Waals surface area contributed by atoms with Gasteiger partial charge in [0.15, 0.2) is 0 Å². The molecule has 1 unspecified atom stereocenters. The van der Waals surface area contributed by atoms with Gasteiger partial charge in [0.2, 0.25) is 0 Å². The molecular weight excluding hydrogens is 272 g/mol. The van der Waals surface area contributed by atoms with Crippen LogP contribution in [0.1, 0.15) is 32.8 Å². The van der Waals surface area contributed by atoms with Crippen molar-refractivity contribution in [3.63, 3.8) is 0 Å². The summed E-state index contributed by atoms with van der Waals surface area (Å²) in [6.07, 6.45) is 1.00. The Bertz CT molecular complexity index is 478. The molecule has 1 N–H and O–H groups in total. The Hall–Kier alpha value is -1.32. The molecule has 1 heterocycles. The maximum Gasteiger partial charge on any atom is 0.0604 e. The van der Waals surface area contributed by atoms with Gasteiger partial charge in [0, 0.05) is 31.9 Å². The van der Waals surface area contributed by atoms with Crippen LogP contribution in [0.4, 0.5) is 0 Å². The first-order valence-electron chi connectivity index (χ1n) is 8.20. The standard InChI is InChI=1S/C19H30N2O/c1-16(12-19(2,3)4)20-10-11-21(18(14-20)15-22)13-17-8-6-5-7-9-17/h5-9,18,22H,1,10-15H2,2-4H3. The van der Waals surface area contributed by atoms with Crippen LogP contribution >= 0.6 is 0 Å². The second kappa shape index (κ2) is 7.30. The molecule has 3 nitrogen and oxygen atoms in total. The fourth-order valence-corrected chi connectivity index (χ4v) is 3.10. The molecule has 1 aliphatic heterocycles. The number of aliphatic hydroxyl groups is 1. The lowest BCUT2D eigenvalue weighted by Crippen LogP contribution is -2.53. The summed E-state index contributed by atoms with van der Waals surface area (Å²) in [6, 6.07) is 10.7. The quantitative estimate of drug-likeness (QED) is 0.905. The Morgan fingerprint density at radius 1 is 1.23 bits per heavy atom. The summed E-state index contributed by atoms with van der Waals surface area (Å²) in [5, 5.41) is 9.77. The maximum absolute atomic E-state index is 9.77. The van der Waals surface area contributed by atoms with E-state index in [2.05, 4.69) is 61.4 Å². The predicted octanol–water partition coefficient (Wildman–Crippen LogP) is 3.12. The molecule has 1 atom stereocenters. The van der Waals surface area contributed by atoms with E-state index >= 15 is 0 Å². The Labute approximate surface area is 135 Å². The molecule has 0 spiro atoms. The largest absolute Gasteiger partial charge is 0.395 e. The highest BCUT2D eigenvalue weighted by molar-refractivity contribution is 5.15. The SMILES string of the molecule is C=C(CC(C)(C)C)N1CCN(Cc2ccccc2)C(CO)C1. The second-order valence-corrected chi connectivity index (χ2v) is 7.54. The van der Waals surface area contributed by atoms with E-state index in [-0.39, 0.29) is 18.1 Å². The predicted molar refractivity (Wildman–Crippen MR) is 92.5 cm³/mol. The Morgan fingerprint density at radius 3 is 2.50 bits per heavy atom. The average molecular weight is 302 g/mol. The summed E-state index contributed by atoms with van der Waals surface area (Å²) in [7, 11) is 0. The summed E-state index contributed by atoms with van der Waals surface area (Å²) in [4.78, 5) is 4.74. The van der Waals surface area contributed by atoms with Gasteiger partial charge < -0.3 is 10.0 Å². The minimum absolute atomic E-state index is 0.186. The normalized spacial score (nSPS) is 20.2. The fraction of sp³-hybridized carbons (Fsp3) is 0.579. The number of allylic oxidation sites excluding steroid dienone is 1. The minimum atomic E-state index is 0.186. The second-order valence-electron chi connectivity index (χ2n) is 7.54. The first kappa shape index (κ1) is 17.0. The van der Waals surface area contributed by atoms with E-state index in [1.807, 2.05) is 6.07 Å². The van der Waals surface area contributed by atoms with Crippen LogP contribution in [-0.2, 0) is 6.54 Å². The Kier molecular flexibility index (Phi) is 5.65. The van der Waals surface area contributed by atoms with E-state index in [1.54, 1.807) is 0 Å². The van der Waals surface area contributed by atoms with Crippen molar-refractivity contribution in [1.82, 2.24) is 9.80 Å². The zero-order valence-electron chi connectivity index (χ0n) is 14.3. The van der Waals surface area contributed by atoms with Crippen molar-refractivity contribution in [2.45, 2.75) is 39.8 Å². The molecule has 122 valence electrons. The third kappa shape index (κ3) is 4.85. The van der Waals surface area contributed by atoms with Gasteiger partial charge in [-0.2, -0.15) is 0 Å². The molecule has 1 aromatic rings. The monoisotopic (exact) mass is 302 g/mol. The smallest absolute Gasteiger partial charge is 0.0604 e. The molecule has 3 heteroatoms. The van der Waals surface area contributed by atoms with Gasteiger partial charge in [-0.25, -0.2) is 0 Å². The molecule has 2 rings (SSSR count). The molecule has 0 aromatic heterocycles. The van der Waals surface area contributed by atoms with Gasteiger partial charge in [-0.05, 0) is 17.4 Å². The molecule has 0 bridgehead atoms. The van der Waals surface area contributed by atoms with Gasteiger partial charge in [-0.1, -0.05) is 57.7 Å². The van der Waals surface area contributed by atoms with E-state index in [9.17, 15) is 5.11 Å². The van der Waals surface area contributed by atoms with Crippen molar-refractivity contribution >= 4 is 0 Å². The van der Waals surface area contributed by atoms with Gasteiger partial charge in [-0.15, -0.1) is 0 Å². The zero-order valence-corrected chi connectivity index (χ0v) is 14.3. The molecule has 1 aliphatic rings. The number of hydrogen-bond donors (Lipinski definition) is 1. The van der Waals surface area contributed by atoms with Gasteiger partial charge in [0.1, 0.15) is 0 Å². The van der Waals surface area contributed by atoms with Crippen LogP contribution in [0.15, 0.2) is 42.6 Å². The molecule has 0 amide bonds. The van der Waals surface area contributed by atoms with Crippen LogP contribution in [0.5, 0.6) is 0 Å². The first-order valence-corrected chi connectivity index (χ1v) is 8.20. The van der Waals surface area contributed by atoms with Gasteiger partial charge >= 0.3 is 0 Å². The minimum Gasteiger partial charge on any atom is -0.395 e. The Balaban J connectivity index is 1.95. The molecule has 0 radical (unpaired) electrons. The van der Waals surface area contributed by atoms with Crippen molar-refractivity contribution < 1.29 is 5.11 Å². The molecule has 1 aromatic carbocycles. The molecular formula is C19H30N2O. The third-order valence-electron chi connectivity index (χ3n) is 4.23. The van der Waals surface area contributed by atoms with Gasteiger partial charge in [0.05, 0.1) is 12.6 Å².